The van der Waals surface area contributed by atoms with Crippen LogP contribution in [0.1, 0.15) is 13.8 Å². The minimum absolute atomic E-state index is 0. The molecule has 0 aliphatic carbocycles. The molecule has 0 saturated heterocycles. The van der Waals surface area contributed by atoms with Crippen LogP contribution in [0.15, 0.2) is 29.3 Å². The summed E-state index contributed by atoms with van der Waals surface area (Å²) in [7, 11) is 0. The van der Waals surface area contributed by atoms with Gasteiger partial charge in [0.15, 0.2) is 0 Å². The molecule has 1 aromatic rings. The number of hydrogen-bond acceptors (Lipinski definition) is 4. The molecule has 6 heteroatoms. The normalized spacial score (nSPS) is 15.3. The van der Waals surface area contributed by atoms with Crippen molar-refractivity contribution in [2.45, 2.75) is 13.8 Å². The van der Waals surface area contributed by atoms with E-state index in [1.54, 1.807) is 0 Å². The number of para-hydroxylation sites is 2. The van der Waals surface area contributed by atoms with Crippen molar-refractivity contribution in [1.29, 1.82) is 0 Å². The fourth-order valence-electron chi connectivity index (χ4n) is 2.92. The van der Waals surface area contributed by atoms with Crippen LogP contribution in [0.2, 0.25) is 0 Å². The molecule has 3 rings (SSSR count). The zero-order valence-electron chi connectivity index (χ0n) is 12.7. The molecule has 4 nitrogen and oxygen atoms in total. The van der Waals surface area contributed by atoms with Crippen LogP contribution in [-0.4, -0.2) is 50.1 Å². The average Bonchev–Trinajstić information content (AvgIpc) is 3.02. The van der Waals surface area contributed by atoms with E-state index in [0.717, 1.165) is 45.2 Å². The predicted octanol–water partition coefficient (Wildman–Crippen LogP) is 2.87. The summed E-state index contributed by atoms with van der Waals surface area (Å²) in [6.45, 7) is 10.7. The van der Waals surface area contributed by atoms with Gasteiger partial charge in [-0.05, 0) is 25.2 Å². The van der Waals surface area contributed by atoms with E-state index in [4.69, 9.17) is 0 Å². The molecule has 1 aromatic carbocycles. The second-order valence-electron chi connectivity index (χ2n) is 5.00. The number of nitrogens with zero attached hydrogens (tertiary/aromatic N) is 4. The Bertz CT molecular complexity index is 488. The van der Waals surface area contributed by atoms with Gasteiger partial charge in [0.05, 0.1) is 17.9 Å². The number of guanidine groups is 1. The highest BCUT2D eigenvalue weighted by atomic mass is 35.5. The van der Waals surface area contributed by atoms with Gasteiger partial charge in [0.1, 0.15) is 0 Å². The van der Waals surface area contributed by atoms with Crippen LogP contribution in [0.5, 0.6) is 0 Å². The molecule has 0 unspecified atom stereocenters. The summed E-state index contributed by atoms with van der Waals surface area (Å²) in [4.78, 5) is 11.9. The Morgan fingerprint density at radius 3 is 2.43 bits per heavy atom. The van der Waals surface area contributed by atoms with Crippen molar-refractivity contribution in [2.24, 2.45) is 4.99 Å². The average molecular weight is 331 g/mol. The lowest BCUT2D eigenvalue weighted by Crippen LogP contribution is -2.40. The molecule has 0 saturated carbocycles. The van der Waals surface area contributed by atoms with Gasteiger partial charge in [-0.15, -0.1) is 24.8 Å². The van der Waals surface area contributed by atoms with E-state index in [1.165, 1.54) is 11.4 Å². The summed E-state index contributed by atoms with van der Waals surface area (Å²) in [6.07, 6.45) is 0. The third kappa shape index (κ3) is 3.28. The van der Waals surface area contributed by atoms with Crippen molar-refractivity contribution in [3.63, 3.8) is 0 Å². The molecular formula is C15H24Cl2N4. The minimum Gasteiger partial charge on any atom is -0.309 e. The molecule has 0 N–H and O–H groups in total. The Labute approximate surface area is 139 Å². The van der Waals surface area contributed by atoms with Gasteiger partial charge in [0.25, 0.3) is 0 Å². The first-order chi connectivity index (χ1) is 9.35. The van der Waals surface area contributed by atoms with Crippen molar-refractivity contribution in [3.8, 4) is 0 Å². The van der Waals surface area contributed by atoms with Crippen LogP contribution >= 0.6 is 24.8 Å². The van der Waals surface area contributed by atoms with Crippen molar-refractivity contribution in [2.75, 3.05) is 49.1 Å². The minimum atomic E-state index is 0. The molecule has 2 aliphatic heterocycles. The molecule has 118 valence electrons. The lowest BCUT2D eigenvalue weighted by atomic mass is 10.2. The van der Waals surface area contributed by atoms with E-state index < -0.39 is 0 Å². The predicted molar refractivity (Wildman–Crippen MR) is 95.7 cm³/mol. The highest BCUT2D eigenvalue weighted by Gasteiger charge is 2.34. The SMILES string of the molecule is CCN(CC)CCN1C2=NCCN2c2ccccc21.Cl.Cl. The van der Waals surface area contributed by atoms with Crippen molar-refractivity contribution in [1.82, 2.24) is 4.90 Å². The topological polar surface area (TPSA) is 22.1 Å². The molecular weight excluding hydrogens is 307 g/mol. The van der Waals surface area contributed by atoms with Crippen LogP contribution in [-0.2, 0) is 0 Å². The van der Waals surface area contributed by atoms with Gasteiger partial charge in [0, 0.05) is 19.6 Å². The first-order valence-electron chi connectivity index (χ1n) is 7.26. The summed E-state index contributed by atoms with van der Waals surface area (Å²) in [6, 6.07) is 8.64. The molecule has 21 heavy (non-hydrogen) atoms. The Kier molecular flexibility index (Phi) is 6.78. The fourth-order valence-corrected chi connectivity index (χ4v) is 2.92. The van der Waals surface area contributed by atoms with Crippen LogP contribution < -0.4 is 9.80 Å². The second-order valence-corrected chi connectivity index (χ2v) is 5.00. The lowest BCUT2D eigenvalue weighted by molar-refractivity contribution is 0.313. The maximum absolute atomic E-state index is 4.67. The van der Waals surface area contributed by atoms with E-state index in [0.29, 0.717) is 0 Å². The Hall–Kier alpha value is -0.970. The molecule has 0 atom stereocenters. The zero-order valence-corrected chi connectivity index (χ0v) is 14.3. The zero-order chi connectivity index (χ0) is 13.2. The largest absolute Gasteiger partial charge is 0.309 e. The van der Waals surface area contributed by atoms with Gasteiger partial charge < -0.3 is 14.7 Å². The fraction of sp³-hybridized carbons (Fsp3) is 0.533. The number of fused-ring (bicyclic) bond motifs is 3. The number of benzene rings is 1. The van der Waals surface area contributed by atoms with E-state index in [-0.39, 0.29) is 24.8 Å². The number of hydrogen-bond donors (Lipinski definition) is 0. The van der Waals surface area contributed by atoms with Gasteiger partial charge in [-0.25, -0.2) is 0 Å². The van der Waals surface area contributed by atoms with Crippen LogP contribution in [0.25, 0.3) is 0 Å². The number of anilines is 2. The van der Waals surface area contributed by atoms with Gasteiger partial charge in [-0.2, -0.15) is 0 Å². The summed E-state index contributed by atoms with van der Waals surface area (Å²) in [5.41, 5.74) is 2.63. The van der Waals surface area contributed by atoms with Crippen LogP contribution in [0.3, 0.4) is 0 Å². The molecule has 0 aromatic heterocycles. The summed E-state index contributed by atoms with van der Waals surface area (Å²) >= 11 is 0. The molecule has 2 heterocycles. The van der Waals surface area contributed by atoms with E-state index in [2.05, 4.69) is 57.8 Å². The summed E-state index contributed by atoms with van der Waals surface area (Å²) < 4.78 is 0. The number of aliphatic imine (C=N–C) groups is 1. The van der Waals surface area contributed by atoms with Gasteiger partial charge in [0.2, 0.25) is 5.96 Å². The standard InChI is InChI=1S/C15H22N4.2ClH/c1-3-17(4-2)11-12-19-14-8-6-5-7-13(14)18-10-9-16-15(18)19;;/h5-8H,3-4,9-12H2,1-2H3;2*1H. The first kappa shape index (κ1) is 18.1. The molecule has 0 amide bonds. The molecule has 2 aliphatic rings. The van der Waals surface area contributed by atoms with Crippen LogP contribution in [0.4, 0.5) is 11.4 Å². The smallest absolute Gasteiger partial charge is 0.206 e. The number of likely N-dealkylation sites (N-methyl/N-ethyl adjacent to an activating group) is 1. The lowest BCUT2D eigenvalue weighted by Gasteiger charge is -2.24. The third-order valence-electron chi connectivity index (χ3n) is 4.06. The Balaban J connectivity index is 0.00000110. The van der Waals surface area contributed by atoms with Crippen molar-refractivity contribution in [3.05, 3.63) is 24.3 Å². The first-order valence-corrected chi connectivity index (χ1v) is 7.26. The molecule has 0 fully saturated rings. The monoisotopic (exact) mass is 330 g/mol. The van der Waals surface area contributed by atoms with Crippen molar-refractivity contribution < 1.29 is 0 Å². The second kappa shape index (κ2) is 7.87. The third-order valence-corrected chi connectivity index (χ3v) is 4.06. The maximum Gasteiger partial charge on any atom is 0.206 e. The summed E-state index contributed by atoms with van der Waals surface area (Å²) in [5, 5.41) is 0. The van der Waals surface area contributed by atoms with Crippen LogP contribution in [0, 0.1) is 0 Å². The van der Waals surface area contributed by atoms with E-state index in [9.17, 15) is 0 Å². The van der Waals surface area contributed by atoms with E-state index in [1.807, 2.05) is 0 Å². The van der Waals surface area contributed by atoms with Gasteiger partial charge >= 0.3 is 0 Å². The number of rotatable bonds is 5. The number of halogens is 2. The molecule has 0 bridgehead atoms. The quantitative estimate of drug-likeness (QED) is 0.828. The highest BCUT2D eigenvalue weighted by molar-refractivity contribution is 6.17. The summed E-state index contributed by atoms with van der Waals surface area (Å²) in [5.74, 6) is 1.15. The molecule has 0 radical (unpaired) electrons. The van der Waals surface area contributed by atoms with Gasteiger partial charge in [-0.3, -0.25) is 4.99 Å². The van der Waals surface area contributed by atoms with Gasteiger partial charge in [-0.1, -0.05) is 26.0 Å². The maximum atomic E-state index is 4.67. The highest BCUT2D eigenvalue weighted by Crippen LogP contribution is 2.38. The van der Waals surface area contributed by atoms with E-state index >= 15 is 0 Å². The van der Waals surface area contributed by atoms with Crippen molar-refractivity contribution >= 4 is 42.1 Å². The Morgan fingerprint density at radius 1 is 1.10 bits per heavy atom. The Morgan fingerprint density at radius 2 is 1.76 bits per heavy atom. The molecule has 0 spiro atoms.